The van der Waals surface area contributed by atoms with Crippen molar-refractivity contribution in [3.05, 3.63) is 23.8 Å². The monoisotopic (exact) mass is 301 g/mol. The average Bonchev–Trinajstić information content (AvgIpc) is 2.41. The maximum atomic E-state index is 11.8. The molecule has 0 bridgehead atoms. The molecule has 0 spiro atoms. The van der Waals surface area contributed by atoms with E-state index in [0.717, 1.165) is 0 Å². The molecule has 1 amide bonds. The number of aromatic hydroxyl groups is 2. The van der Waals surface area contributed by atoms with Crippen molar-refractivity contribution in [2.75, 3.05) is 13.0 Å². The van der Waals surface area contributed by atoms with Gasteiger partial charge in [0.1, 0.15) is 11.4 Å². The third-order valence-electron chi connectivity index (χ3n) is 2.77. The highest BCUT2D eigenvalue weighted by atomic mass is 35.5. The molecule has 7 heteroatoms. The third kappa shape index (κ3) is 3.77. The van der Waals surface area contributed by atoms with Gasteiger partial charge < -0.3 is 20.3 Å². The molecular weight excluding hydrogens is 286 g/mol. The molecule has 1 rings (SSSR count). The van der Waals surface area contributed by atoms with Gasteiger partial charge in [0.25, 0.3) is 0 Å². The number of phenols is 2. The molecule has 0 saturated carbocycles. The molecule has 0 aromatic heterocycles. The number of methoxy groups -OCH3 is 1. The lowest BCUT2D eigenvalue weighted by atomic mass is 9.92. The molecule has 0 unspecified atom stereocenters. The standard InChI is InChI=1S/C13H16ClNO5/c1-13(12(19)20-2,15-11(18)7-14)6-8-3-4-9(16)10(17)5-8/h3-5,16-17H,6-7H2,1-2H3,(H,15,18)/t13-/m0/s1. The summed E-state index contributed by atoms with van der Waals surface area (Å²) >= 11 is 5.42. The molecule has 3 N–H and O–H groups in total. The molecule has 0 heterocycles. The summed E-state index contributed by atoms with van der Waals surface area (Å²) in [6, 6.07) is 4.14. The molecule has 0 saturated heterocycles. The average molecular weight is 302 g/mol. The van der Waals surface area contributed by atoms with Crippen LogP contribution in [0.4, 0.5) is 0 Å². The summed E-state index contributed by atoms with van der Waals surface area (Å²) in [6.45, 7) is 1.49. The number of nitrogens with one attached hydrogen (secondary N) is 1. The number of phenolic OH excluding ortho intramolecular Hbond substituents is 2. The SMILES string of the molecule is COC(=O)[C@](C)(Cc1ccc(O)c(O)c1)NC(=O)CCl. The predicted molar refractivity (Wildman–Crippen MR) is 72.8 cm³/mol. The van der Waals surface area contributed by atoms with Gasteiger partial charge in [0, 0.05) is 6.42 Å². The first-order valence-electron chi connectivity index (χ1n) is 5.78. The Kier molecular flexibility index (Phi) is 5.21. The maximum absolute atomic E-state index is 11.8. The predicted octanol–water partition coefficient (Wildman–Crippen LogP) is 0.927. The molecule has 1 aromatic rings. The van der Waals surface area contributed by atoms with Crippen molar-refractivity contribution < 1.29 is 24.5 Å². The maximum Gasteiger partial charge on any atom is 0.331 e. The van der Waals surface area contributed by atoms with Crippen molar-refractivity contribution in [3.8, 4) is 11.5 Å². The highest BCUT2D eigenvalue weighted by Crippen LogP contribution is 2.27. The smallest absolute Gasteiger partial charge is 0.331 e. The Labute approximate surface area is 121 Å². The molecule has 20 heavy (non-hydrogen) atoms. The van der Waals surface area contributed by atoms with Crippen LogP contribution in [-0.2, 0) is 20.7 Å². The molecule has 0 aliphatic carbocycles. The number of halogens is 1. The van der Waals surface area contributed by atoms with E-state index in [2.05, 4.69) is 10.1 Å². The topological polar surface area (TPSA) is 95.9 Å². The Bertz CT molecular complexity index is 519. The number of alkyl halides is 1. The van der Waals surface area contributed by atoms with Crippen LogP contribution in [0.25, 0.3) is 0 Å². The lowest BCUT2D eigenvalue weighted by Gasteiger charge is -2.27. The quantitative estimate of drug-likeness (QED) is 0.427. The second-order valence-electron chi connectivity index (χ2n) is 4.51. The number of carbonyl (C=O) groups is 2. The van der Waals surface area contributed by atoms with Crippen LogP contribution in [-0.4, -0.2) is 40.6 Å². The van der Waals surface area contributed by atoms with Crippen molar-refractivity contribution in [2.45, 2.75) is 18.9 Å². The van der Waals surface area contributed by atoms with Crippen LogP contribution in [0.1, 0.15) is 12.5 Å². The first-order chi connectivity index (χ1) is 9.32. The Morgan fingerprint density at radius 1 is 1.35 bits per heavy atom. The highest BCUT2D eigenvalue weighted by molar-refractivity contribution is 6.27. The summed E-state index contributed by atoms with van der Waals surface area (Å²) in [5.41, 5.74) is -0.771. The van der Waals surface area contributed by atoms with E-state index in [1.165, 1.54) is 32.2 Å². The van der Waals surface area contributed by atoms with Crippen molar-refractivity contribution in [2.24, 2.45) is 0 Å². The molecule has 0 radical (unpaired) electrons. The zero-order chi connectivity index (χ0) is 15.3. The molecule has 0 aliphatic rings. The minimum Gasteiger partial charge on any atom is -0.504 e. The zero-order valence-corrected chi connectivity index (χ0v) is 11.9. The number of ether oxygens (including phenoxy) is 1. The number of carbonyl (C=O) groups excluding carboxylic acids is 2. The van der Waals surface area contributed by atoms with Crippen molar-refractivity contribution in [3.63, 3.8) is 0 Å². The first kappa shape index (κ1) is 16.1. The largest absolute Gasteiger partial charge is 0.504 e. The van der Waals surface area contributed by atoms with E-state index in [0.29, 0.717) is 5.56 Å². The first-order valence-corrected chi connectivity index (χ1v) is 6.32. The van der Waals surface area contributed by atoms with Gasteiger partial charge in [-0.3, -0.25) is 4.79 Å². The summed E-state index contributed by atoms with van der Waals surface area (Å²) in [7, 11) is 1.21. The molecule has 0 fully saturated rings. The number of amides is 1. The second kappa shape index (κ2) is 6.47. The minimum atomic E-state index is -1.32. The summed E-state index contributed by atoms with van der Waals surface area (Å²) in [5.74, 6) is -2.00. The fourth-order valence-corrected chi connectivity index (χ4v) is 1.89. The van der Waals surface area contributed by atoms with Gasteiger partial charge in [-0.2, -0.15) is 0 Å². The highest BCUT2D eigenvalue weighted by Gasteiger charge is 2.36. The summed E-state index contributed by atoms with van der Waals surface area (Å²) in [5, 5.41) is 21.2. The van der Waals surface area contributed by atoms with Gasteiger partial charge in [-0.25, -0.2) is 4.79 Å². The lowest BCUT2D eigenvalue weighted by Crippen LogP contribution is -2.54. The molecule has 6 nitrogen and oxygen atoms in total. The van der Waals surface area contributed by atoms with Crippen molar-refractivity contribution in [1.29, 1.82) is 0 Å². The van der Waals surface area contributed by atoms with E-state index in [9.17, 15) is 19.8 Å². The van der Waals surface area contributed by atoms with Crippen LogP contribution < -0.4 is 5.32 Å². The Hall–Kier alpha value is -1.95. The van der Waals surface area contributed by atoms with Crippen LogP contribution in [0.15, 0.2) is 18.2 Å². The number of hydrogen-bond acceptors (Lipinski definition) is 5. The van der Waals surface area contributed by atoms with E-state index >= 15 is 0 Å². The molecule has 110 valence electrons. The fourth-order valence-electron chi connectivity index (χ4n) is 1.82. The Morgan fingerprint density at radius 3 is 2.50 bits per heavy atom. The fraction of sp³-hybridized carbons (Fsp3) is 0.385. The summed E-state index contributed by atoms with van der Waals surface area (Å²) in [6.07, 6.45) is 0.0795. The van der Waals surface area contributed by atoms with Gasteiger partial charge in [0.05, 0.1) is 7.11 Å². The van der Waals surface area contributed by atoms with Crippen LogP contribution in [0.3, 0.4) is 0 Å². The van der Waals surface area contributed by atoms with Crippen LogP contribution >= 0.6 is 11.6 Å². The van der Waals surface area contributed by atoms with Gasteiger partial charge in [-0.15, -0.1) is 11.6 Å². The molecular formula is C13H16ClNO5. The normalized spacial score (nSPS) is 13.3. The Morgan fingerprint density at radius 2 is 2.00 bits per heavy atom. The summed E-state index contributed by atoms with van der Waals surface area (Å²) < 4.78 is 4.68. The Balaban J connectivity index is 3.02. The van der Waals surface area contributed by atoms with Crippen LogP contribution in [0.5, 0.6) is 11.5 Å². The lowest BCUT2D eigenvalue weighted by molar-refractivity contribution is -0.149. The van der Waals surface area contributed by atoms with E-state index < -0.39 is 17.4 Å². The number of esters is 1. The van der Waals surface area contributed by atoms with Crippen LogP contribution in [0.2, 0.25) is 0 Å². The second-order valence-corrected chi connectivity index (χ2v) is 4.77. The van der Waals surface area contributed by atoms with Crippen LogP contribution in [0, 0.1) is 0 Å². The van der Waals surface area contributed by atoms with Gasteiger partial charge >= 0.3 is 5.97 Å². The van der Waals surface area contributed by atoms with Crippen molar-refractivity contribution >= 4 is 23.5 Å². The number of hydrogen-bond donors (Lipinski definition) is 3. The van der Waals surface area contributed by atoms with Gasteiger partial charge in [0.2, 0.25) is 5.91 Å². The van der Waals surface area contributed by atoms with Crippen molar-refractivity contribution in [1.82, 2.24) is 5.32 Å². The van der Waals surface area contributed by atoms with E-state index in [-0.39, 0.29) is 23.8 Å². The van der Waals surface area contributed by atoms with E-state index in [4.69, 9.17) is 11.6 Å². The zero-order valence-electron chi connectivity index (χ0n) is 11.1. The minimum absolute atomic E-state index is 0.0795. The molecule has 0 aliphatic heterocycles. The number of rotatable bonds is 5. The van der Waals surface area contributed by atoms with E-state index in [1.54, 1.807) is 0 Å². The van der Waals surface area contributed by atoms with Gasteiger partial charge in [-0.1, -0.05) is 6.07 Å². The third-order valence-corrected chi connectivity index (χ3v) is 3.01. The van der Waals surface area contributed by atoms with Gasteiger partial charge in [0.15, 0.2) is 11.5 Å². The van der Waals surface area contributed by atoms with E-state index in [1.807, 2.05) is 0 Å². The van der Waals surface area contributed by atoms with Gasteiger partial charge in [-0.05, 0) is 24.6 Å². The molecule has 1 aromatic carbocycles. The number of benzene rings is 1. The summed E-state index contributed by atoms with van der Waals surface area (Å²) in [4.78, 5) is 23.3. The molecule has 1 atom stereocenters.